The normalized spacial score (nSPS) is 11.2. The Morgan fingerprint density at radius 2 is 1.89 bits per heavy atom. The van der Waals surface area contributed by atoms with Crippen LogP contribution in [0.2, 0.25) is 5.02 Å². The van der Waals surface area contributed by atoms with Crippen LogP contribution < -0.4 is 5.32 Å². The highest BCUT2D eigenvalue weighted by Crippen LogP contribution is 2.37. The molecule has 0 aliphatic rings. The van der Waals surface area contributed by atoms with E-state index in [0.29, 0.717) is 26.3 Å². The van der Waals surface area contributed by atoms with Gasteiger partial charge in [-0.3, -0.25) is 9.36 Å². The molecule has 0 spiro atoms. The Labute approximate surface area is 233 Å². The van der Waals surface area contributed by atoms with E-state index in [-0.39, 0.29) is 17.7 Å². The van der Waals surface area contributed by atoms with Crippen molar-refractivity contribution in [2.24, 2.45) is 0 Å². The second kappa shape index (κ2) is 12.3. The number of rotatable bonds is 10. The molecule has 4 rings (SSSR count). The third-order valence-corrected chi connectivity index (χ3v) is 8.60. The van der Waals surface area contributed by atoms with E-state index in [1.54, 1.807) is 23.5 Å². The minimum atomic E-state index is -0.517. The molecular weight excluding hydrogens is 548 g/mol. The van der Waals surface area contributed by atoms with Crippen LogP contribution in [0.5, 0.6) is 0 Å². The fourth-order valence-electron chi connectivity index (χ4n) is 3.80. The lowest BCUT2D eigenvalue weighted by molar-refractivity contribution is -0.113. The summed E-state index contributed by atoms with van der Waals surface area (Å²) in [7, 11) is 1.32. The molecule has 0 bridgehead atoms. The molecule has 0 radical (unpaired) electrons. The average Bonchev–Trinajstić information content (AvgIpc) is 3.61. The molecule has 3 aromatic heterocycles. The lowest BCUT2D eigenvalue weighted by Crippen LogP contribution is -2.16. The van der Waals surface area contributed by atoms with Gasteiger partial charge in [0.05, 0.1) is 12.9 Å². The van der Waals surface area contributed by atoms with E-state index in [2.05, 4.69) is 52.3 Å². The van der Waals surface area contributed by atoms with Crippen LogP contribution in [0.1, 0.15) is 48.5 Å². The van der Waals surface area contributed by atoms with Crippen LogP contribution in [0.25, 0.3) is 22.5 Å². The number of carbonyl (C=O) groups is 2. The van der Waals surface area contributed by atoms with Gasteiger partial charge in [-0.2, -0.15) is 0 Å². The quantitative estimate of drug-likeness (QED) is 0.156. The summed E-state index contributed by atoms with van der Waals surface area (Å²) in [6.07, 6.45) is 2.13. The van der Waals surface area contributed by atoms with Crippen molar-refractivity contribution in [1.29, 1.82) is 0 Å². The molecule has 4 aromatic rings. The maximum atomic E-state index is 12.9. The minimum Gasteiger partial charge on any atom is -0.465 e. The molecule has 0 saturated heterocycles. The molecule has 11 heteroatoms. The van der Waals surface area contributed by atoms with E-state index >= 15 is 0 Å². The molecule has 7 nitrogen and oxygen atoms in total. The van der Waals surface area contributed by atoms with Crippen LogP contribution in [-0.4, -0.2) is 39.5 Å². The first kappa shape index (κ1) is 27.4. The van der Waals surface area contributed by atoms with Crippen LogP contribution in [0.3, 0.4) is 0 Å². The van der Waals surface area contributed by atoms with Crippen molar-refractivity contribution in [3.05, 3.63) is 56.6 Å². The highest BCUT2D eigenvalue weighted by Gasteiger charge is 2.23. The Morgan fingerprint density at radius 3 is 2.57 bits per heavy atom. The first-order chi connectivity index (χ1) is 17.8. The molecular formula is C26H27ClN4O3S3. The third kappa shape index (κ3) is 6.26. The summed E-state index contributed by atoms with van der Waals surface area (Å²) in [5.41, 5.74) is 2.85. The molecule has 0 aliphatic heterocycles. The summed E-state index contributed by atoms with van der Waals surface area (Å²) in [6, 6.07) is 9.45. The summed E-state index contributed by atoms with van der Waals surface area (Å²) >= 11 is 10.3. The number of thiophene rings is 2. The van der Waals surface area contributed by atoms with E-state index in [1.165, 1.54) is 35.1 Å². The maximum absolute atomic E-state index is 12.9. The maximum Gasteiger partial charge on any atom is 0.341 e. The topological polar surface area (TPSA) is 86.1 Å². The standard InChI is InChI=1S/C26H27ClN4O3S3/c1-5-6-19-11-17(12-35-19)23-29-30-26(31(23)15(2)3)37-14-21(32)28-24-22(25(33)34-4)20(13-36-24)16-7-9-18(27)10-8-16/h7-13,15H,5-6,14H2,1-4H3,(H,28,32). The van der Waals surface area contributed by atoms with Gasteiger partial charge in [0, 0.05) is 37.8 Å². The number of carbonyl (C=O) groups excluding carboxylic acids is 2. The number of benzene rings is 1. The van der Waals surface area contributed by atoms with E-state index < -0.39 is 5.97 Å². The third-order valence-electron chi connectivity index (χ3n) is 5.51. The Kier molecular flexibility index (Phi) is 9.07. The van der Waals surface area contributed by atoms with Gasteiger partial charge in [-0.15, -0.1) is 32.9 Å². The van der Waals surface area contributed by atoms with Crippen molar-refractivity contribution in [2.75, 3.05) is 18.2 Å². The van der Waals surface area contributed by atoms with Gasteiger partial charge in [-0.1, -0.05) is 48.8 Å². The number of halogens is 1. The van der Waals surface area contributed by atoms with Crippen LogP contribution in [0.15, 0.2) is 46.2 Å². The second-order valence-corrected chi connectivity index (χ2v) is 11.8. The number of thioether (sulfide) groups is 1. The van der Waals surface area contributed by atoms with Crippen molar-refractivity contribution >= 4 is 62.9 Å². The fourth-order valence-corrected chi connectivity index (χ4v) is 6.74. The van der Waals surface area contributed by atoms with Crippen molar-refractivity contribution in [3.8, 4) is 22.5 Å². The molecule has 0 saturated carbocycles. The highest BCUT2D eigenvalue weighted by molar-refractivity contribution is 7.99. The van der Waals surface area contributed by atoms with Crippen molar-refractivity contribution in [1.82, 2.24) is 14.8 Å². The Bertz CT molecular complexity index is 1390. The predicted molar refractivity (Wildman–Crippen MR) is 153 cm³/mol. The lowest BCUT2D eigenvalue weighted by Gasteiger charge is -2.13. The molecule has 37 heavy (non-hydrogen) atoms. The summed E-state index contributed by atoms with van der Waals surface area (Å²) in [5.74, 6) is 0.150. The molecule has 0 fully saturated rings. The van der Waals surface area contributed by atoms with Crippen molar-refractivity contribution in [2.45, 2.75) is 44.8 Å². The van der Waals surface area contributed by atoms with Crippen molar-refractivity contribution in [3.63, 3.8) is 0 Å². The van der Waals surface area contributed by atoms with Crippen LogP contribution in [0.4, 0.5) is 5.00 Å². The van der Waals surface area contributed by atoms with Crippen molar-refractivity contribution < 1.29 is 14.3 Å². The minimum absolute atomic E-state index is 0.115. The Balaban J connectivity index is 1.51. The number of methoxy groups -OCH3 is 1. The van der Waals surface area contributed by atoms with Crippen LogP contribution in [-0.2, 0) is 16.0 Å². The summed E-state index contributed by atoms with van der Waals surface area (Å²) in [5, 5.41) is 17.3. The zero-order chi connectivity index (χ0) is 26.5. The Morgan fingerprint density at radius 1 is 1.14 bits per heavy atom. The lowest BCUT2D eigenvalue weighted by atomic mass is 10.0. The molecule has 3 heterocycles. The van der Waals surface area contributed by atoms with E-state index in [1.807, 2.05) is 17.5 Å². The van der Waals surface area contributed by atoms with E-state index in [9.17, 15) is 9.59 Å². The molecule has 1 amide bonds. The number of aryl methyl sites for hydroxylation is 1. The molecule has 1 aromatic carbocycles. The van der Waals surface area contributed by atoms with Gasteiger partial charge in [0.1, 0.15) is 10.6 Å². The number of amides is 1. The number of nitrogens with one attached hydrogen (secondary N) is 1. The predicted octanol–water partition coefficient (Wildman–Crippen LogP) is 7.44. The first-order valence-corrected chi connectivity index (χ1v) is 14.9. The first-order valence-electron chi connectivity index (χ1n) is 11.7. The fraction of sp³-hybridized carbons (Fsp3) is 0.308. The molecule has 0 unspecified atom stereocenters. The number of anilines is 1. The van der Waals surface area contributed by atoms with Gasteiger partial charge in [-0.05, 0) is 44.0 Å². The second-order valence-electron chi connectivity index (χ2n) is 8.51. The average molecular weight is 575 g/mol. The molecule has 0 atom stereocenters. The number of ether oxygens (including phenoxy) is 1. The van der Waals surface area contributed by atoms with Gasteiger partial charge in [0.15, 0.2) is 11.0 Å². The molecule has 0 aliphatic carbocycles. The van der Waals surface area contributed by atoms with Gasteiger partial charge < -0.3 is 10.1 Å². The van der Waals surface area contributed by atoms with Gasteiger partial charge >= 0.3 is 5.97 Å². The van der Waals surface area contributed by atoms with E-state index in [4.69, 9.17) is 16.3 Å². The zero-order valence-electron chi connectivity index (χ0n) is 20.9. The Hall–Kier alpha value is -2.66. The monoisotopic (exact) mass is 574 g/mol. The molecule has 194 valence electrons. The number of hydrogen-bond acceptors (Lipinski definition) is 8. The highest BCUT2D eigenvalue weighted by atomic mass is 35.5. The number of nitrogens with zero attached hydrogens (tertiary/aromatic N) is 3. The number of esters is 1. The van der Waals surface area contributed by atoms with E-state index in [0.717, 1.165) is 29.8 Å². The van der Waals surface area contributed by atoms with Gasteiger partial charge in [0.25, 0.3) is 0 Å². The largest absolute Gasteiger partial charge is 0.465 e. The smallest absolute Gasteiger partial charge is 0.341 e. The summed E-state index contributed by atoms with van der Waals surface area (Å²) < 4.78 is 7.06. The SMILES string of the molecule is CCCc1cc(-c2nnc(SCC(=O)Nc3scc(-c4ccc(Cl)cc4)c3C(=O)OC)n2C(C)C)cs1. The number of aromatic nitrogens is 3. The molecule has 1 N–H and O–H groups in total. The van der Waals surface area contributed by atoms with Crippen LogP contribution >= 0.6 is 46.0 Å². The number of hydrogen-bond donors (Lipinski definition) is 1. The summed E-state index contributed by atoms with van der Waals surface area (Å²) in [6.45, 7) is 6.31. The zero-order valence-corrected chi connectivity index (χ0v) is 24.1. The van der Waals surface area contributed by atoms with Gasteiger partial charge in [-0.25, -0.2) is 4.79 Å². The van der Waals surface area contributed by atoms with Crippen LogP contribution in [0, 0.1) is 0 Å². The van der Waals surface area contributed by atoms with Gasteiger partial charge in [0.2, 0.25) is 5.91 Å². The summed E-state index contributed by atoms with van der Waals surface area (Å²) in [4.78, 5) is 26.8.